The molecule has 3 rings (SSSR count). The van der Waals surface area contributed by atoms with Gasteiger partial charge in [-0.2, -0.15) is 0 Å². The van der Waals surface area contributed by atoms with E-state index in [1.54, 1.807) is 19.2 Å². The van der Waals surface area contributed by atoms with Crippen LogP contribution in [0.2, 0.25) is 0 Å². The minimum Gasteiger partial charge on any atom is -0.508 e. The van der Waals surface area contributed by atoms with E-state index < -0.39 is 6.10 Å². The maximum Gasteiger partial charge on any atom is 0.268 e. The SMILES string of the molecule is COc1cccc(C2=NOC(C(=O)Nc3cccc(O)c3)C2)c1. The molecule has 6 heteroatoms. The Morgan fingerprint density at radius 2 is 2.13 bits per heavy atom. The van der Waals surface area contributed by atoms with Crippen molar-refractivity contribution in [2.45, 2.75) is 12.5 Å². The third-order valence-electron chi connectivity index (χ3n) is 3.48. The number of carbonyl (C=O) groups excluding carboxylic acids is 1. The van der Waals surface area contributed by atoms with E-state index in [9.17, 15) is 9.90 Å². The van der Waals surface area contributed by atoms with Crippen molar-refractivity contribution < 1.29 is 19.5 Å². The first kappa shape index (κ1) is 14.9. The number of aromatic hydroxyl groups is 1. The van der Waals surface area contributed by atoms with Crippen molar-refractivity contribution >= 4 is 17.3 Å². The van der Waals surface area contributed by atoms with E-state index >= 15 is 0 Å². The highest BCUT2D eigenvalue weighted by atomic mass is 16.6. The second-order valence-electron chi connectivity index (χ2n) is 5.11. The summed E-state index contributed by atoms with van der Waals surface area (Å²) in [5, 5.41) is 16.1. The Hall–Kier alpha value is -3.02. The number of ether oxygens (including phenoxy) is 1. The molecule has 1 aliphatic rings. The summed E-state index contributed by atoms with van der Waals surface area (Å²) in [5.41, 5.74) is 2.06. The number of amides is 1. The van der Waals surface area contributed by atoms with Gasteiger partial charge in [-0.25, -0.2) is 0 Å². The van der Waals surface area contributed by atoms with Gasteiger partial charge < -0.3 is 20.0 Å². The Morgan fingerprint density at radius 1 is 1.30 bits per heavy atom. The highest BCUT2D eigenvalue weighted by Crippen LogP contribution is 2.22. The Morgan fingerprint density at radius 3 is 2.91 bits per heavy atom. The van der Waals surface area contributed by atoms with Gasteiger partial charge in [0.05, 0.1) is 12.8 Å². The topological polar surface area (TPSA) is 80.2 Å². The van der Waals surface area contributed by atoms with Gasteiger partial charge in [0.2, 0.25) is 6.10 Å². The van der Waals surface area contributed by atoms with E-state index in [0.29, 0.717) is 17.8 Å². The van der Waals surface area contributed by atoms with Crippen molar-refractivity contribution in [1.82, 2.24) is 0 Å². The lowest BCUT2D eigenvalue weighted by atomic mass is 10.0. The molecular weight excluding hydrogens is 296 g/mol. The zero-order valence-corrected chi connectivity index (χ0v) is 12.5. The lowest BCUT2D eigenvalue weighted by Crippen LogP contribution is -2.28. The second-order valence-corrected chi connectivity index (χ2v) is 5.11. The molecule has 0 aliphatic carbocycles. The Labute approximate surface area is 133 Å². The third-order valence-corrected chi connectivity index (χ3v) is 3.48. The molecule has 0 saturated carbocycles. The molecule has 1 amide bonds. The molecular formula is C17H16N2O4. The molecule has 0 radical (unpaired) electrons. The molecule has 1 atom stereocenters. The zero-order chi connectivity index (χ0) is 16.2. The van der Waals surface area contributed by atoms with Gasteiger partial charge in [0, 0.05) is 23.7 Å². The number of oxime groups is 1. The summed E-state index contributed by atoms with van der Waals surface area (Å²) in [6.07, 6.45) is -0.323. The number of phenols is 1. The minimum absolute atomic E-state index is 0.0865. The summed E-state index contributed by atoms with van der Waals surface area (Å²) in [7, 11) is 1.59. The normalized spacial score (nSPS) is 16.4. The van der Waals surface area contributed by atoms with Crippen molar-refractivity contribution in [1.29, 1.82) is 0 Å². The molecule has 1 aliphatic heterocycles. The minimum atomic E-state index is -0.696. The number of anilines is 1. The molecule has 0 fully saturated rings. The Balaban J connectivity index is 1.65. The van der Waals surface area contributed by atoms with E-state index in [1.165, 1.54) is 12.1 Å². The summed E-state index contributed by atoms with van der Waals surface area (Å²) in [6.45, 7) is 0. The van der Waals surface area contributed by atoms with Crippen LogP contribution in [0.15, 0.2) is 53.7 Å². The monoisotopic (exact) mass is 312 g/mol. The third kappa shape index (κ3) is 3.42. The van der Waals surface area contributed by atoms with Crippen LogP contribution in [0.3, 0.4) is 0 Å². The van der Waals surface area contributed by atoms with E-state index in [2.05, 4.69) is 10.5 Å². The first-order chi connectivity index (χ1) is 11.2. The summed E-state index contributed by atoms with van der Waals surface area (Å²) in [4.78, 5) is 17.4. The van der Waals surface area contributed by atoms with Crippen LogP contribution in [-0.2, 0) is 9.63 Å². The van der Waals surface area contributed by atoms with Crippen LogP contribution in [0.5, 0.6) is 11.5 Å². The number of methoxy groups -OCH3 is 1. The number of nitrogens with zero attached hydrogens (tertiary/aromatic N) is 1. The first-order valence-electron chi connectivity index (χ1n) is 7.13. The summed E-state index contributed by atoms with van der Waals surface area (Å²) < 4.78 is 5.18. The van der Waals surface area contributed by atoms with E-state index in [1.807, 2.05) is 24.3 Å². The molecule has 1 heterocycles. The molecule has 6 nitrogen and oxygen atoms in total. The van der Waals surface area contributed by atoms with Crippen LogP contribution >= 0.6 is 0 Å². The molecule has 0 saturated heterocycles. The van der Waals surface area contributed by atoms with Gasteiger partial charge >= 0.3 is 0 Å². The standard InChI is InChI=1S/C17H16N2O4/c1-22-14-7-2-4-11(8-14)15-10-16(23-19-15)17(21)18-12-5-3-6-13(20)9-12/h2-9,16,20H,10H2,1H3,(H,18,21). The fraction of sp³-hybridized carbons (Fsp3) is 0.176. The number of carbonyl (C=O) groups is 1. The predicted molar refractivity (Wildman–Crippen MR) is 85.8 cm³/mol. The Bertz CT molecular complexity index is 758. The van der Waals surface area contributed by atoms with Crippen molar-refractivity contribution in [2.24, 2.45) is 5.16 Å². The summed E-state index contributed by atoms with van der Waals surface area (Å²) in [6, 6.07) is 13.8. The summed E-state index contributed by atoms with van der Waals surface area (Å²) >= 11 is 0. The van der Waals surface area contributed by atoms with Crippen molar-refractivity contribution in [3.05, 3.63) is 54.1 Å². The molecule has 2 aromatic carbocycles. The summed E-state index contributed by atoms with van der Waals surface area (Å²) in [5.74, 6) is 0.499. The quantitative estimate of drug-likeness (QED) is 0.909. The number of rotatable bonds is 4. The van der Waals surface area contributed by atoms with Crippen molar-refractivity contribution in [3.8, 4) is 11.5 Å². The van der Waals surface area contributed by atoms with Gasteiger partial charge in [-0.1, -0.05) is 23.4 Å². The van der Waals surface area contributed by atoms with Gasteiger partial charge in [0.1, 0.15) is 11.5 Å². The number of hydrogen-bond acceptors (Lipinski definition) is 5. The number of benzene rings is 2. The van der Waals surface area contributed by atoms with Crippen LogP contribution in [0.1, 0.15) is 12.0 Å². The predicted octanol–water partition coefficient (Wildman–Crippen LogP) is 2.53. The fourth-order valence-corrected chi connectivity index (χ4v) is 2.30. The van der Waals surface area contributed by atoms with Crippen molar-refractivity contribution in [2.75, 3.05) is 12.4 Å². The van der Waals surface area contributed by atoms with Gasteiger partial charge in [0.25, 0.3) is 5.91 Å². The molecule has 23 heavy (non-hydrogen) atoms. The highest BCUT2D eigenvalue weighted by molar-refractivity contribution is 6.06. The van der Waals surface area contributed by atoms with E-state index in [4.69, 9.17) is 9.57 Å². The maximum absolute atomic E-state index is 12.2. The molecule has 0 bridgehead atoms. The molecule has 0 aromatic heterocycles. The van der Waals surface area contributed by atoms with Crippen LogP contribution in [0, 0.1) is 0 Å². The molecule has 2 aromatic rings. The molecule has 118 valence electrons. The van der Waals surface area contributed by atoms with Crippen LogP contribution in [-0.4, -0.2) is 29.9 Å². The average Bonchev–Trinajstić information content (AvgIpc) is 3.05. The maximum atomic E-state index is 12.2. The lowest BCUT2D eigenvalue weighted by Gasteiger charge is -2.09. The van der Waals surface area contributed by atoms with Crippen LogP contribution in [0.25, 0.3) is 0 Å². The highest BCUT2D eigenvalue weighted by Gasteiger charge is 2.29. The van der Waals surface area contributed by atoms with E-state index in [0.717, 1.165) is 11.3 Å². The van der Waals surface area contributed by atoms with Crippen LogP contribution in [0.4, 0.5) is 5.69 Å². The first-order valence-corrected chi connectivity index (χ1v) is 7.13. The van der Waals surface area contributed by atoms with Crippen LogP contribution < -0.4 is 10.1 Å². The number of hydrogen-bond donors (Lipinski definition) is 2. The number of phenolic OH excluding ortho intramolecular Hbond substituents is 1. The van der Waals surface area contributed by atoms with Gasteiger partial charge in [-0.05, 0) is 24.3 Å². The second kappa shape index (κ2) is 6.39. The smallest absolute Gasteiger partial charge is 0.268 e. The molecule has 1 unspecified atom stereocenters. The fourth-order valence-electron chi connectivity index (χ4n) is 2.30. The number of nitrogens with one attached hydrogen (secondary N) is 1. The largest absolute Gasteiger partial charge is 0.508 e. The van der Waals surface area contributed by atoms with Gasteiger partial charge in [0.15, 0.2) is 0 Å². The molecule has 0 spiro atoms. The van der Waals surface area contributed by atoms with E-state index in [-0.39, 0.29) is 11.7 Å². The zero-order valence-electron chi connectivity index (χ0n) is 12.5. The van der Waals surface area contributed by atoms with Gasteiger partial charge in [-0.3, -0.25) is 4.79 Å². The van der Waals surface area contributed by atoms with Gasteiger partial charge in [-0.15, -0.1) is 0 Å². The molecule has 2 N–H and O–H groups in total. The average molecular weight is 312 g/mol. The van der Waals surface area contributed by atoms with Crippen molar-refractivity contribution in [3.63, 3.8) is 0 Å². The Kier molecular flexibility index (Phi) is 4.14. The lowest BCUT2D eigenvalue weighted by molar-refractivity contribution is -0.125.